The van der Waals surface area contributed by atoms with Crippen LogP contribution in [-0.4, -0.2) is 31.8 Å². The van der Waals surface area contributed by atoms with E-state index in [2.05, 4.69) is 55.4 Å². The molecule has 0 aliphatic rings. The van der Waals surface area contributed by atoms with E-state index in [-0.39, 0.29) is 16.6 Å². The van der Waals surface area contributed by atoms with Crippen LogP contribution in [0.25, 0.3) is 10.8 Å². The highest BCUT2D eigenvalue weighted by molar-refractivity contribution is 6.31. The van der Waals surface area contributed by atoms with Crippen molar-refractivity contribution < 1.29 is 28.5 Å². The third-order valence-electron chi connectivity index (χ3n) is 5.18. The fourth-order valence-corrected chi connectivity index (χ4v) is 3.69. The summed E-state index contributed by atoms with van der Waals surface area (Å²) in [5.74, 6) is 0.519. The molecule has 0 saturated heterocycles. The molecule has 0 fully saturated rings. The van der Waals surface area contributed by atoms with E-state index in [4.69, 9.17) is 35.3 Å². The zero-order valence-corrected chi connectivity index (χ0v) is 24.8. The Morgan fingerprint density at radius 2 is 1.38 bits per heavy atom. The predicted molar refractivity (Wildman–Crippen MR) is 150 cm³/mol. The summed E-state index contributed by atoms with van der Waals surface area (Å²) < 4.78 is 31.0. The van der Waals surface area contributed by atoms with Gasteiger partial charge in [0.2, 0.25) is 5.75 Å². The molecule has 0 bridgehead atoms. The molecular formula is C30H45ClO6. The monoisotopic (exact) mass is 536 g/mol. The molecule has 0 N–H and O–H groups in total. The van der Waals surface area contributed by atoms with Crippen LogP contribution in [0, 0.1) is 10.8 Å². The van der Waals surface area contributed by atoms with Crippen molar-refractivity contribution in [3.05, 3.63) is 29.3 Å². The average molecular weight is 537 g/mol. The number of ether oxygens (including phenoxy) is 5. The lowest BCUT2D eigenvalue weighted by Gasteiger charge is -2.28. The van der Waals surface area contributed by atoms with Gasteiger partial charge >= 0.3 is 5.97 Å². The standard InChI is InChI=1S/C30H45ClO6/c1-10-12-25(33-18-29(4,5)6)36-24-16-21-14-15-22(31)17-23(21)27(35-20(3)32)28(24)37-26(13-11-2)34-19-30(7,8)9/h14-17,25-26H,10-13,18-19H2,1-9H3/t25-,26-/m0/s1. The average Bonchev–Trinajstić information content (AvgIpc) is 2.77. The van der Waals surface area contributed by atoms with Crippen LogP contribution in [0.5, 0.6) is 17.2 Å². The van der Waals surface area contributed by atoms with E-state index in [1.54, 1.807) is 12.1 Å². The van der Waals surface area contributed by atoms with Crippen LogP contribution in [-0.2, 0) is 14.3 Å². The molecule has 208 valence electrons. The van der Waals surface area contributed by atoms with Crippen molar-refractivity contribution in [1.29, 1.82) is 0 Å². The molecule has 0 aromatic heterocycles. The lowest BCUT2D eigenvalue weighted by Crippen LogP contribution is -2.28. The zero-order chi connectivity index (χ0) is 27.8. The second-order valence-electron chi connectivity index (χ2n) is 11.9. The lowest BCUT2D eigenvalue weighted by molar-refractivity contribution is -0.133. The SMILES string of the molecule is CCC[C@@H](OCC(C)(C)C)Oc1cc2ccc(Cl)cc2c(OC(C)=O)c1O[C@@H](CCC)OCC(C)(C)C. The summed E-state index contributed by atoms with van der Waals surface area (Å²) in [6.07, 6.45) is 2.01. The molecule has 0 radical (unpaired) electrons. The number of benzene rings is 2. The highest BCUT2D eigenvalue weighted by atomic mass is 35.5. The topological polar surface area (TPSA) is 63.2 Å². The van der Waals surface area contributed by atoms with Gasteiger partial charge in [-0.3, -0.25) is 4.79 Å². The molecule has 0 amide bonds. The van der Waals surface area contributed by atoms with E-state index in [0.29, 0.717) is 48.0 Å². The summed E-state index contributed by atoms with van der Waals surface area (Å²) in [7, 11) is 0. The first-order valence-electron chi connectivity index (χ1n) is 13.2. The van der Waals surface area contributed by atoms with Crippen LogP contribution in [0.4, 0.5) is 0 Å². The van der Waals surface area contributed by atoms with Gasteiger partial charge in [0.1, 0.15) is 0 Å². The largest absolute Gasteiger partial charge is 0.461 e. The summed E-state index contributed by atoms with van der Waals surface area (Å²) in [6.45, 7) is 19.2. The Hall–Kier alpha value is -2.02. The smallest absolute Gasteiger partial charge is 0.308 e. The molecule has 0 aliphatic carbocycles. The van der Waals surface area contributed by atoms with E-state index in [1.807, 2.05) is 12.1 Å². The van der Waals surface area contributed by atoms with Crippen LogP contribution < -0.4 is 14.2 Å². The van der Waals surface area contributed by atoms with Crippen molar-refractivity contribution in [1.82, 2.24) is 0 Å². The summed E-state index contributed by atoms with van der Waals surface area (Å²) in [4.78, 5) is 12.2. The maximum Gasteiger partial charge on any atom is 0.308 e. The fourth-order valence-electron chi connectivity index (χ4n) is 3.52. The van der Waals surface area contributed by atoms with Gasteiger partial charge in [-0.1, -0.05) is 85.9 Å². The number of fused-ring (bicyclic) bond motifs is 1. The summed E-state index contributed by atoms with van der Waals surface area (Å²) in [5, 5.41) is 1.97. The van der Waals surface area contributed by atoms with Crippen molar-refractivity contribution in [2.75, 3.05) is 13.2 Å². The third kappa shape index (κ3) is 10.7. The number of rotatable bonds is 13. The summed E-state index contributed by atoms with van der Waals surface area (Å²) in [5.41, 5.74) is -0.0674. The minimum atomic E-state index is -0.558. The summed E-state index contributed by atoms with van der Waals surface area (Å²) >= 11 is 6.33. The molecule has 37 heavy (non-hydrogen) atoms. The molecule has 0 aliphatic heterocycles. The van der Waals surface area contributed by atoms with Gasteiger partial charge in [0.25, 0.3) is 0 Å². The number of hydrogen-bond acceptors (Lipinski definition) is 6. The maximum absolute atomic E-state index is 12.2. The second kappa shape index (κ2) is 13.7. The normalized spacial score (nSPS) is 13.9. The second-order valence-corrected chi connectivity index (χ2v) is 12.3. The molecule has 0 heterocycles. The number of esters is 1. The third-order valence-corrected chi connectivity index (χ3v) is 5.42. The van der Waals surface area contributed by atoms with Crippen LogP contribution in [0.15, 0.2) is 24.3 Å². The molecule has 2 rings (SSSR count). The maximum atomic E-state index is 12.2. The van der Waals surface area contributed by atoms with Gasteiger partial charge in [-0.05, 0) is 34.4 Å². The Labute approximate surface area is 227 Å². The first-order chi connectivity index (χ1) is 17.2. The van der Waals surface area contributed by atoms with Crippen molar-refractivity contribution in [3.63, 3.8) is 0 Å². The molecule has 0 unspecified atom stereocenters. The van der Waals surface area contributed by atoms with E-state index >= 15 is 0 Å². The molecule has 2 atom stereocenters. The molecule has 7 heteroatoms. The van der Waals surface area contributed by atoms with Crippen LogP contribution in [0.1, 0.15) is 88.0 Å². The lowest BCUT2D eigenvalue weighted by atomic mass is 9.99. The quantitative estimate of drug-likeness (QED) is 0.145. The number of hydrogen-bond donors (Lipinski definition) is 0. The van der Waals surface area contributed by atoms with Crippen molar-refractivity contribution in [2.45, 2.75) is 101 Å². The number of halogens is 1. The van der Waals surface area contributed by atoms with Crippen LogP contribution in [0.2, 0.25) is 5.02 Å². The van der Waals surface area contributed by atoms with Gasteiger partial charge in [-0.2, -0.15) is 0 Å². The highest BCUT2D eigenvalue weighted by Crippen LogP contribution is 2.46. The first kappa shape index (κ1) is 31.2. The first-order valence-corrected chi connectivity index (χ1v) is 13.6. The fraction of sp³-hybridized carbons (Fsp3) is 0.633. The molecule has 2 aromatic rings. The Kier molecular flexibility index (Phi) is 11.5. The van der Waals surface area contributed by atoms with Crippen molar-refractivity contribution in [2.24, 2.45) is 10.8 Å². The zero-order valence-electron chi connectivity index (χ0n) is 24.0. The molecule has 0 saturated carbocycles. The highest BCUT2D eigenvalue weighted by Gasteiger charge is 2.27. The minimum Gasteiger partial charge on any atom is -0.461 e. The molecule has 2 aromatic carbocycles. The Morgan fingerprint density at radius 3 is 1.86 bits per heavy atom. The van der Waals surface area contributed by atoms with E-state index in [9.17, 15) is 4.79 Å². The molecule has 0 spiro atoms. The van der Waals surface area contributed by atoms with Crippen LogP contribution >= 0.6 is 11.6 Å². The Morgan fingerprint density at radius 1 is 0.838 bits per heavy atom. The van der Waals surface area contributed by atoms with Gasteiger partial charge in [-0.15, -0.1) is 0 Å². The van der Waals surface area contributed by atoms with Gasteiger partial charge < -0.3 is 23.7 Å². The number of carbonyl (C=O) groups excluding carboxylic acids is 1. The van der Waals surface area contributed by atoms with E-state index in [0.717, 1.165) is 18.2 Å². The van der Waals surface area contributed by atoms with Gasteiger partial charge in [0.15, 0.2) is 24.1 Å². The Bertz CT molecular complexity index is 1020. The minimum absolute atomic E-state index is 0.0231. The van der Waals surface area contributed by atoms with Gasteiger partial charge in [0.05, 0.1) is 13.2 Å². The van der Waals surface area contributed by atoms with Crippen molar-refractivity contribution >= 4 is 28.3 Å². The van der Waals surface area contributed by atoms with Crippen molar-refractivity contribution in [3.8, 4) is 17.2 Å². The van der Waals surface area contributed by atoms with Gasteiger partial charge in [-0.25, -0.2) is 0 Å². The van der Waals surface area contributed by atoms with E-state index in [1.165, 1.54) is 6.92 Å². The van der Waals surface area contributed by atoms with Crippen LogP contribution in [0.3, 0.4) is 0 Å². The molecular weight excluding hydrogens is 492 g/mol. The van der Waals surface area contributed by atoms with E-state index < -0.39 is 18.5 Å². The summed E-state index contributed by atoms with van der Waals surface area (Å²) in [6, 6.07) is 7.30. The Balaban J connectivity index is 2.63. The molecule has 6 nitrogen and oxygen atoms in total. The van der Waals surface area contributed by atoms with Gasteiger partial charge in [0, 0.05) is 30.2 Å². The predicted octanol–water partition coefficient (Wildman–Crippen LogP) is 8.55. The number of carbonyl (C=O) groups is 1.